The molecule has 1 aromatic carbocycles. The van der Waals surface area contributed by atoms with E-state index < -0.39 is 6.04 Å². The molecule has 1 fully saturated rings. The molecule has 1 aliphatic rings. The second-order valence-electron chi connectivity index (χ2n) is 7.68. The molecule has 1 aliphatic heterocycles. The number of ether oxygens (including phenoxy) is 1. The predicted molar refractivity (Wildman–Crippen MR) is 103 cm³/mol. The van der Waals surface area contributed by atoms with Crippen molar-refractivity contribution in [2.45, 2.75) is 52.5 Å². The van der Waals surface area contributed by atoms with Crippen molar-refractivity contribution in [1.82, 2.24) is 10.2 Å². The van der Waals surface area contributed by atoms with E-state index in [-0.39, 0.29) is 11.9 Å². The standard InChI is InChI=1S/C21H32N2O3/c1-14-10-15(2)18(16(3)11-14)13-20(24)22-19(21(25)26-5)12-17-6-8-23(4)9-7-17/h10-11,17,19H,6-9,12-13H2,1-5H3,(H,22,24). The molecule has 5 nitrogen and oxygen atoms in total. The summed E-state index contributed by atoms with van der Waals surface area (Å²) >= 11 is 0. The van der Waals surface area contributed by atoms with Crippen LogP contribution in [0, 0.1) is 26.7 Å². The molecule has 0 aromatic heterocycles. The van der Waals surface area contributed by atoms with Gasteiger partial charge in [-0.3, -0.25) is 4.79 Å². The highest BCUT2D eigenvalue weighted by Gasteiger charge is 2.27. The van der Waals surface area contributed by atoms with Crippen LogP contribution in [0.3, 0.4) is 0 Å². The van der Waals surface area contributed by atoms with Crippen molar-refractivity contribution < 1.29 is 14.3 Å². The molecule has 144 valence electrons. The van der Waals surface area contributed by atoms with Crippen LogP contribution >= 0.6 is 0 Å². The summed E-state index contributed by atoms with van der Waals surface area (Å²) in [5.41, 5.74) is 4.46. The van der Waals surface area contributed by atoms with E-state index in [9.17, 15) is 9.59 Å². The zero-order chi connectivity index (χ0) is 19.3. The van der Waals surface area contributed by atoms with Crippen molar-refractivity contribution in [3.8, 4) is 0 Å². The zero-order valence-electron chi connectivity index (χ0n) is 16.7. The van der Waals surface area contributed by atoms with Gasteiger partial charge in [0.1, 0.15) is 6.04 Å². The molecule has 1 saturated heterocycles. The average molecular weight is 360 g/mol. The number of aryl methyl sites for hydroxylation is 3. The van der Waals surface area contributed by atoms with Crippen molar-refractivity contribution >= 4 is 11.9 Å². The molecule has 1 N–H and O–H groups in total. The van der Waals surface area contributed by atoms with E-state index in [0.29, 0.717) is 18.8 Å². The number of amides is 1. The molecular weight excluding hydrogens is 328 g/mol. The summed E-state index contributed by atoms with van der Waals surface area (Å²) in [5, 5.41) is 2.92. The molecule has 0 radical (unpaired) electrons. The Bertz CT molecular complexity index is 626. The first-order valence-corrected chi connectivity index (χ1v) is 9.42. The summed E-state index contributed by atoms with van der Waals surface area (Å²) in [7, 11) is 3.49. The summed E-state index contributed by atoms with van der Waals surface area (Å²) < 4.78 is 4.93. The Kier molecular flexibility index (Phi) is 7.21. The van der Waals surface area contributed by atoms with Crippen LogP contribution in [0.5, 0.6) is 0 Å². The molecule has 0 spiro atoms. The number of nitrogens with one attached hydrogen (secondary N) is 1. The monoisotopic (exact) mass is 360 g/mol. The Morgan fingerprint density at radius 2 is 1.77 bits per heavy atom. The van der Waals surface area contributed by atoms with Gasteiger partial charge in [-0.05, 0) is 82.8 Å². The largest absolute Gasteiger partial charge is 0.467 e. The first kappa shape index (κ1) is 20.4. The van der Waals surface area contributed by atoms with Gasteiger partial charge < -0.3 is 15.0 Å². The van der Waals surface area contributed by atoms with Crippen LogP contribution < -0.4 is 5.32 Å². The highest BCUT2D eigenvalue weighted by atomic mass is 16.5. The van der Waals surface area contributed by atoms with Gasteiger partial charge in [-0.1, -0.05) is 17.7 Å². The third-order valence-electron chi connectivity index (χ3n) is 5.41. The molecule has 0 bridgehead atoms. The molecule has 2 rings (SSSR count). The fourth-order valence-electron chi connectivity index (χ4n) is 3.88. The number of likely N-dealkylation sites (tertiary alicyclic amines) is 1. The van der Waals surface area contributed by atoms with Gasteiger partial charge in [0.25, 0.3) is 0 Å². The SMILES string of the molecule is COC(=O)C(CC1CCN(C)CC1)NC(=O)Cc1c(C)cc(C)cc1C. The number of benzene rings is 1. The maximum atomic E-state index is 12.6. The Morgan fingerprint density at radius 3 is 2.31 bits per heavy atom. The van der Waals surface area contributed by atoms with E-state index in [1.54, 1.807) is 0 Å². The van der Waals surface area contributed by atoms with Crippen LogP contribution in [0.4, 0.5) is 0 Å². The van der Waals surface area contributed by atoms with Gasteiger partial charge in [0.15, 0.2) is 0 Å². The van der Waals surface area contributed by atoms with E-state index in [1.165, 1.54) is 12.7 Å². The molecule has 5 heteroatoms. The number of carbonyl (C=O) groups is 2. The lowest BCUT2D eigenvalue weighted by atomic mass is 9.90. The smallest absolute Gasteiger partial charge is 0.328 e. The lowest BCUT2D eigenvalue weighted by Crippen LogP contribution is -2.44. The topological polar surface area (TPSA) is 58.6 Å². The van der Waals surface area contributed by atoms with Gasteiger partial charge in [0.05, 0.1) is 13.5 Å². The highest BCUT2D eigenvalue weighted by molar-refractivity contribution is 5.86. The third kappa shape index (κ3) is 5.56. The fourth-order valence-corrected chi connectivity index (χ4v) is 3.88. The number of rotatable bonds is 6. The minimum Gasteiger partial charge on any atom is -0.467 e. The number of piperidine rings is 1. The number of hydrogen-bond donors (Lipinski definition) is 1. The second-order valence-corrected chi connectivity index (χ2v) is 7.68. The minimum atomic E-state index is -0.563. The van der Waals surface area contributed by atoms with Crippen LogP contribution in [0.25, 0.3) is 0 Å². The van der Waals surface area contributed by atoms with Gasteiger partial charge >= 0.3 is 5.97 Å². The average Bonchev–Trinajstić information content (AvgIpc) is 2.58. The molecular formula is C21H32N2O3. The van der Waals surface area contributed by atoms with E-state index >= 15 is 0 Å². The molecule has 1 atom stereocenters. The van der Waals surface area contributed by atoms with E-state index in [2.05, 4.69) is 36.3 Å². The van der Waals surface area contributed by atoms with Gasteiger partial charge in [0, 0.05) is 0 Å². The molecule has 1 aromatic rings. The van der Waals surface area contributed by atoms with Gasteiger partial charge in [0.2, 0.25) is 5.91 Å². The van der Waals surface area contributed by atoms with Crippen LogP contribution in [-0.4, -0.2) is 50.1 Å². The number of esters is 1. The molecule has 1 amide bonds. The Hall–Kier alpha value is -1.88. The fraction of sp³-hybridized carbons (Fsp3) is 0.619. The summed E-state index contributed by atoms with van der Waals surface area (Å²) in [6.45, 7) is 8.18. The molecule has 1 heterocycles. The summed E-state index contributed by atoms with van der Waals surface area (Å²) in [6.07, 6.45) is 3.04. The Balaban J connectivity index is 2.01. The summed E-state index contributed by atoms with van der Waals surface area (Å²) in [4.78, 5) is 27.1. The van der Waals surface area contributed by atoms with E-state index in [0.717, 1.165) is 42.6 Å². The normalized spacial score (nSPS) is 17.0. The quantitative estimate of drug-likeness (QED) is 0.792. The summed E-state index contributed by atoms with van der Waals surface area (Å²) in [6, 6.07) is 3.62. The van der Waals surface area contributed by atoms with Gasteiger partial charge in [-0.25, -0.2) is 4.79 Å². The third-order valence-corrected chi connectivity index (χ3v) is 5.41. The van der Waals surface area contributed by atoms with E-state index in [4.69, 9.17) is 4.74 Å². The van der Waals surface area contributed by atoms with Crippen molar-refractivity contribution in [1.29, 1.82) is 0 Å². The van der Waals surface area contributed by atoms with Gasteiger partial charge in [-0.15, -0.1) is 0 Å². The Labute approximate surface area is 157 Å². The van der Waals surface area contributed by atoms with Crippen LogP contribution in [-0.2, 0) is 20.7 Å². The van der Waals surface area contributed by atoms with Crippen LogP contribution in [0.2, 0.25) is 0 Å². The minimum absolute atomic E-state index is 0.122. The zero-order valence-corrected chi connectivity index (χ0v) is 16.7. The maximum Gasteiger partial charge on any atom is 0.328 e. The number of nitrogens with zero attached hydrogens (tertiary/aromatic N) is 1. The molecule has 0 saturated carbocycles. The predicted octanol–water partition coefficient (Wildman–Crippen LogP) is 2.54. The highest BCUT2D eigenvalue weighted by Crippen LogP contribution is 2.22. The first-order valence-electron chi connectivity index (χ1n) is 9.42. The lowest BCUT2D eigenvalue weighted by Gasteiger charge is -2.30. The second kappa shape index (κ2) is 9.17. The van der Waals surface area contributed by atoms with Crippen molar-refractivity contribution in [2.75, 3.05) is 27.2 Å². The lowest BCUT2D eigenvalue weighted by molar-refractivity contribution is -0.145. The van der Waals surface area contributed by atoms with E-state index in [1.807, 2.05) is 13.8 Å². The maximum absolute atomic E-state index is 12.6. The number of methoxy groups -OCH3 is 1. The van der Waals surface area contributed by atoms with Gasteiger partial charge in [-0.2, -0.15) is 0 Å². The summed E-state index contributed by atoms with van der Waals surface area (Å²) in [5.74, 6) is -0.0311. The first-order chi connectivity index (χ1) is 12.3. The van der Waals surface area contributed by atoms with Crippen molar-refractivity contribution in [3.63, 3.8) is 0 Å². The van der Waals surface area contributed by atoms with Crippen LogP contribution in [0.1, 0.15) is 41.5 Å². The Morgan fingerprint density at radius 1 is 1.19 bits per heavy atom. The molecule has 26 heavy (non-hydrogen) atoms. The molecule has 0 aliphatic carbocycles. The van der Waals surface area contributed by atoms with Crippen molar-refractivity contribution in [3.05, 3.63) is 34.4 Å². The number of hydrogen-bond acceptors (Lipinski definition) is 4. The number of carbonyl (C=O) groups excluding carboxylic acids is 2. The van der Waals surface area contributed by atoms with Crippen LogP contribution in [0.15, 0.2) is 12.1 Å². The van der Waals surface area contributed by atoms with Crippen molar-refractivity contribution in [2.24, 2.45) is 5.92 Å². The molecule has 1 unspecified atom stereocenters.